The molecule has 0 atom stereocenters. The first-order chi connectivity index (χ1) is 7.27. The van der Waals surface area contributed by atoms with Crippen molar-refractivity contribution >= 4 is 19.2 Å². The van der Waals surface area contributed by atoms with Crippen LogP contribution in [-0.2, 0) is 31.1 Å². The number of benzene rings is 2. The van der Waals surface area contributed by atoms with Crippen LogP contribution >= 0.6 is 15.9 Å². The predicted molar refractivity (Wildman–Crippen MR) is 62.0 cm³/mol. The van der Waals surface area contributed by atoms with E-state index in [1.807, 2.05) is 0 Å². The Morgan fingerprint density at radius 2 is 1.56 bits per heavy atom. The molecule has 0 unspecified atom stereocenters. The summed E-state index contributed by atoms with van der Waals surface area (Å²) >= 11 is 5.11. The summed E-state index contributed by atoms with van der Waals surface area (Å²) in [5.74, 6) is 0. The van der Waals surface area contributed by atoms with Crippen LogP contribution in [0.2, 0.25) is 0 Å². The van der Waals surface area contributed by atoms with Crippen LogP contribution in [0.4, 0.5) is 0 Å². The molecule has 0 spiro atoms. The van der Waals surface area contributed by atoms with Gasteiger partial charge in [0.1, 0.15) is 0 Å². The Kier molecular flexibility index (Phi) is 7.73. The van der Waals surface area contributed by atoms with E-state index < -0.39 is 0 Å². The molecule has 0 saturated carbocycles. The zero-order valence-electron chi connectivity index (χ0n) is 9.18. The van der Waals surface area contributed by atoms with Crippen LogP contribution in [0.5, 0.6) is 0 Å². The Morgan fingerprint density at radius 1 is 0.889 bits per heavy atom. The molecule has 1 aliphatic carbocycles. The number of fused-ring (bicyclic) bond motifs is 3. The van der Waals surface area contributed by atoms with Crippen LogP contribution in [0.3, 0.4) is 0 Å². The van der Waals surface area contributed by atoms with Gasteiger partial charge in [0.2, 0.25) is 0 Å². The van der Waals surface area contributed by atoms with Crippen LogP contribution in [-0.4, -0.2) is 0 Å². The fourth-order valence-electron chi connectivity index (χ4n) is 2.18. The second kappa shape index (κ2) is 7.45. The van der Waals surface area contributed by atoms with Gasteiger partial charge in [0.05, 0.1) is 0 Å². The monoisotopic (exact) mass is 438 g/mol. The first-order valence-electron chi connectivity index (χ1n) is 4.88. The van der Waals surface area contributed by atoms with Crippen molar-refractivity contribution in [3.63, 3.8) is 0 Å². The Bertz CT molecular complexity index is 558. The van der Waals surface area contributed by atoms with E-state index in [1.54, 1.807) is 0 Å². The van der Waals surface area contributed by atoms with Crippen LogP contribution in [0, 0.1) is 0 Å². The molecule has 0 heterocycles. The van der Waals surface area contributed by atoms with E-state index >= 15 is 0 Å². The molecule has 0 fully saturated rings. The first kappa shape index (κ1) is 18.7. The van der Waals surface area contributed by atoms with Crippen molar-refractivity contribution in [2.75, 3.05) is 0 Å². The molecule has 3 rings (SSSR count). The van der Waals surface area contributed by atoms with Gasteiger partial charge in [0.15, 0.2) is 0 Å². The summed E-state index contributed by atoms with van der Waals surface area (Å²) in [7, 11) is 0. The third kappa shape index (κ3) is 3.05. The maximum absolute atomic E-state index is 3.62. The summed E-state index contributed by atoms with van der Waals surface area (Å²) < 4.78 is 2.73. The van der Waals surface area contributed by atoms with Gasteiger partial charge in [-0.15, -0.1) is 0 Å². The van der Waals surface area contributed by atoms with Crippen molar-refractivity contribution in [3.05, 3.63) is 52.0 Å². The molecule has 2 aromatic rings. The van der Waals surface area contributed by atoms with E-state index in [0.717, 1.165) is 6.42 Å². The van der Waals surface area contributed by atoms with E-state index in [2.05, 4.69) is 52.3 Å². The van der Waals surface area contributed by atoms with Crippen LogP contribution < -0.4 is 40.5 Å². The molecule has 0 saturated heterocycles. The van der Waals surface area contributed by atoms with Gasteiger partial charge in [-0.3, -0.25) is 0 Å². The Balaban J connectivity index is 0.000000963. The molecule has 0 bridgehead atoms. The largest absolute Gasteiger partial charge is 1.00 e. The molecule has 0 radical (unpaired) electrons. The van der Waals surface area contributed by atoms with E-state index in [-0.39, 0.29) is 37.2 Å². The molecule has 0 N–H and O–H groups in total. The zero-order valence-corrected chi connectivity index (χ0v) is 15.5. The van der Waals surface area contributed by atoms with Gasteiger partial charge in [-0.25, -0.2) is 0 Å². The molecule has 2 aromatic carbocycles. The SMILES string of the molecule is Brc1ccc2c([c]1[Zr+3])Cc1ccccc1-2.[Cl-].[Cl-].[Cl-]. The van der Waals surface area contributed by atoms with E-state index in [9.17, 15) is 0 Å². The quantitative estimate of drug-likeness (QED) is 0.326. The second-order valence-corrected chi connectivity index (χ2v) is 5.87. The van der Waals surface area contributed by atoms with Gasteiger partial charge in [0.25, 0.3) is 0 Å². The van der Waals surface area contributed by atoms with Gasteiger partial charge < -0.3 is 37.2 Å². The predicted octanol–water partition coefficient (Wildman–Crippen LogP) is -5.80. The zero-order chi connectivity index (χ0) is 10.4. The summed E-state index contributed by atoms with van der Waals surface area (Å²) in [6.07, 6.45) is 1.10. The van der Waals surface area contributed by atoms with Crippen molar-refractivity contribution in [1.29, 1.82) is 0 Å². The maximum atomic E-state index is 3.62. The average Bonchev–Trinajstić information content (AvgIpc) is 2.63. The minimum atomic E-state index is 0. The molecule has 5 heteroatoms. The fourth-order valence-corrected chi connectivity index (χ4v) is 3.31. The van der Waals surface area contributed by atoms with Crippen LogP contribution in [0.15, 0.2) is 40.9 Å². The molecule has 18 heavy (non-hydrogen) atoms. The molecule has 0 aliphatic heterocycles. The molecule has 92 valence electrons. The van der Waals surface area contributed by atoms with Crippen molar-refractivity contribution in [3.8, 4) is 11.1 Å². The van der Waals surface area contributed by atoms with Crippen molar-refractivity contribution in [1.82, 2.24) is 0 Å². The standard InChI is InChI=1S/C13H8Br.3ClH.Zr/c14-11-5-6-13-10(8-11)7-9-3-1-2-4-12(9)13;;;;/h1-6H,7H2;3*1H;/q;;;;+3/p-3. The maximum Gasteiger partial charge on any atom is -1.00 e. The molecular weight excluding hydrogens is 434 g/mol. The summed E-state index contributed by atoms with van der Waals surface area (Å²) in [6.45, 7) is 0. The molecule has 0 aromatic heterocycles. The number of hydrogen-bond donors (Lipinski definition) is 0. The number of halogens is 4. The Hall–Kier alpha value is 0.673. The topological polar surface area (TPSA) is 0 Å². The fraction of sp³-hybridized carbons (Fsp3) is 0.0769. The number of hydrogen-bond acceptors (Lipinski definition) is 0. The van der Waals surface area contributed by atoms with E-state index in [1.165, 1.54) is 54.7 Å². The molecular formula is C13H8BrCl3Zr. The molecule has 1 aliphatic rings. The van der Waals surface area contributed by atoms with Gasteiger partial charge in [-0.1, -0.05) is 0 Å². The normalized spacial score (nSPS) is 10.4. The molecule has 0 amide bonds. The van der Waals surface area contributed by atoms with Crippen molar-refractivity contribution < 1.29 is 61.9 Å². The third-order valence-corrected chi connectivity index (χ3v) is 5.90. The van der Waals surface area contributed by atoms with E-state index in [0.29, 0.717) is 0 Å². The van der Waals surface area contributed by atoms with Gasteiger partial charge in [0, 0.05) is 0 Å². The van der Waals surface area contributed by atoms with Crippen LogP contribution in [0.1, 0.15) is 11.1 Å². The van der Waals surface area contributed by atoms with Crippen molar-refractivity contribution in [2.24, 2.45) is 0 Å². The summed E-state index contributed by atoms with van der Waals surface area (Å²) in [4.78, 5) is 0. The summed E-state index contributed by atoms with van der Waals surface area (Å²) in [6, 6.07) is 13.1. The van der Waals surface area contributed by atoms with Crippen LogP contribution in [0.25, 0.3) is 11.1 Å². The average molecular weight is 442 g/mol. The minimum Gasteiger partial charge on any atom is -1.00 e. The van der Waals surface area contributed by atoms with Gasteiger partial charge >= 0.3 is 113 Å². The Morgan fingerprint density at radius 3 is 2.28 bits per heavy atom. The second-order valence-electron chi connectivity index (χ2n) is 3.78. The third-order valence-electron chi connectivity index (χ3n) is 2.94. The number of rotatable bonds is 0. The first-order valence-corrected chi connectivity index (χ1v) is 6.91. The van der Waals surface area contributed by atoms with Crippen molar-refractivity contribution in [2.45, 2.75) is 6.42 Å². The molecule has 0 nitrogen and oxygen atoms in total. The summed E-state index contributed by atoms with van der Waals surface area (Å²) in [5.41, 5.74) is 5.84. The summed E-state index contributed by atoms with van der Waals surface area (Å²) in [5, 5.41) is 0. The Labute approximate surface area is 149 Å². The smallest absolute Gasteiger partial charge is 1.00 e. The van der Waals surface area contributed by atoms with Gasteiger partial charge in [-0.05, 0) is 0 Å². The van der Waals surface area contributed by atoms with E-state index in [4.69, 9.17) is 0 Å². The minimum absolute atomic E-state index is 0. The van der Waals surface area contributed by atoms with Gasteiger partial charge in [-0.2, -0.15) is 0 Å².